The third-order valence-corrected chi connectivity index (χ3v) is 1.93. The van der Waals surface area contributed by atoms with E-state index in [2.05, 4.69) is 12.2 Å². The summed E-state index contributed by atoms with van der Waals surface area (Å²) in [5.41, 5.74) is 0.120. The second kappa shape index (κ2) is 3.07. The molecule has 2 nitrogen and oxygen atoms in total. The topological polar surface area (TPSA) is 29.1 Å². The number of rotatable bonds is 3. The molecular formula is C9H15NO. The molecule has 0 aromatic rings. The van der Waals surface area contributed by atoms with Gasteiger partial charge in [0.15, 0.2) is 0 Å². The molecule has 1 aliphatic rings. The summed E-state index contributed by atoms with van der Waals surface area (Å²) in [6.45, 7) is 4.09. The molecule has 1 amide bonds. The maximum absolute atomic E-state index is 11.1. The van der Waals surface area contributed by atoms with Crippen molar-refractivity contribution in [3.63, 3.8) is 0 Å². The molecular weight excluding hydrogens is 138 g/mol. The Hall–Kier alpha value is -0.790. The number of amides is 1. The minimum Gasteiger partial charge on any atom is -0.347 e. The Morgan fingerprint density at radius 2 is 2.27 bits per heavy atom. The maximum atomic E-state index is 11.1. The van der Waals surface area contributed by atoms with E-state index in [4.69, 9.17) is 0 Å². The Kier molecular flexibility index (Phi) is 2.32. The summed E-state index contributed by atoms with van der Waals surface area (Å²) in [5.74, 6) is 0.0480. The number of nitrogens with one attached hydrogen (secondary N) is 1. The van der Waals surface area contributed by atoms with Gasteiger partial charge in [-0.15, -0.1) is 0 Å². The Balaban J connectivity index is 2.26. The number of carbonyl (C=O) groups is 1. The summed E-state index contributed by atoms with van der Waals surface area (Å²) in [4.78, 5) is 11.1. The second-order valence-corrected chi connectivity index (χ2v) is 3.36. The standard InChI is InChI=1S/C9H15NO/c1-3-4-5-8(11)10-9(2)6-7-9/h4-5H,3,6-7H2,1-2H3,(H,10,11)/b5-4+. The first-order chi connectivity index (χ1) is 5.16. The zero-order valence-electron chi connectivity index (χ0n) is 7.18. The summed E-state index contributed by atoms with van der Waals surface area (Å²) in [6.07, 6.45) is 6.66. The molecule has 0 heterocycles. The van der Waals surface area contributed by atoms with Crippen LogP contribution in [-0.2, 0) is 4.79 Å². The van der Waals surface area contributed by atoms with Gasteiger partial charge in [0.2, 0.25) is 5.91 Å². The SMILES string of the molecule is CC/C=C/C(=O)NC1(C)CC1. The molecule has 1 N–H and O–H groups in total. The van der Waals surface area contributed by atoms with E-state index in [-0.39, 0.29) is 11.4 Å². The lowest BCUT2D eigenvalue weighted by Gasteiger charge is -2.07. The van der Waals surface area contributed by atoms with Gasteiger partial charge in [-0.3, -0.25) is 4.79 Å². The van der Waals surface area contributed by atoms with E-state index in [1.54, 1.807) is 6.08 Å². The molecule has 0 saturated heterocycles. The van der Waals surface area contributed by atoms with Crippen LogP contribution in [0.3, 0.4) is 0 Å². The monoisotopic (exact) mass is 153 g/mol. The van der Waals surface area contributed by atoms with Crippen LogP contribution in [0.1, 0.15) is 33.1 Å². The Labute approximate surface area is 67.7 Å². The molecule has 0 atom stereocenters. The van der Waals surface area contributed by atoms with Crippen molar-refractivity contribution in [3.8, 4) is 0 Å². The molecule has 1 rings (SSSR count). The average molecular weight is 153 g/mol. The van der Waals surface area contributed by atoms with Crippen molar-refractivity contribution in [1.82, 2.24) is 5.32 Å². The largest absolute Gasteiger partial charge is 0.347 e. The van der Waals surface area contributed by atoms with Gasteiger partial charge in [0.25, 0.3) is 0 Å². The van der Waals surface area contributed by atoms with Crippen molar-refractivity contribution in [2.75, 3.05) is 0 Å². The average Bonchev–Trinajstić information content (AvgIpc) is 2.63. The third kappa shape index (κ3) is 2.74. The number of carbonyl (C=O) groups excluding carboxylic acids is 1. The molecule has 0 aromatic carbocycles. The van der Waals surface area contributed by atoms with Gasteiger partial charge < -0.3 is 5.32 Å². The number of hydrogen-bond acceptors (Lipinski definition) is 1. The van der Waals surface area contributed by atoms with Crippen LogP contribution in [0.4, 0.5) is 0 Å². The molecule has 11 heavy (non-hydrogen) atoms. The Morgan fingerprint density at radius 3 is 2.73 bits per heavy atom. The summed E-state index contributed by atoms with van der Waals surface area (Å²) in [6, 6.07) is 0. The van der Waals surface area contributed by atoms with Gasteiger partial charge in [0.1, 0.15) is 0 Å². The van der Waals surface area contributed by atoms with Crippen LogP contribution in [0.15, 0.2) is 12.2 Å². The molecule has 1 fully saturated rings. The van der Waals surface area contributed by atoms with E-state index in [0.29, 0.717) is 0 Å². The van der Waals surface area contributed by atoms with Crippen molar-refractivity contribution < 1.29 is 4.79 Å². The van der Waals surface area contributed by atoms with E-state index < -0.39 is 0 Å². The molecule has 0 aliphatic heterocycles. The van der Waals surface area contributed by atoms with E-state index in [9.17, 15) is 4.79 Å². The van der Waals surface area contributed by atoms with Gasteiger partial charge in [0.05, 0.1) is 0 Å². The van der Waals surface area contributed by atoms with Gasteiger partial charge in [-0.1, -0.05) is 13.0 Å². The normalized spacial score (nSPS) is 20.2. The molecule has 0 bridgehead atoms. The van der Waals surface area contributed by atoms with Crippen LogP contribution in [0.5, 0.6) is 0 Å². The highest BCUT2D eigenvalue weighted by Gasteiger charge is 2.37. The Morgan fingerprint density at radius 1 is 1.64 bits per heavy atom. The van der Waals surface area contributed by atoms with Gasteiger partial charge in [-0.05, 0) is 32.3 Å². The van der Waals surface area contributed by atoms with Gasteiger partial charge in [-0.2, -0.15) is 0 Å². The fourth-order valence-electron chi connectivity index (χ4n) is 0.876. The van der Waals surface area contributed by atoms with Crippen LogP contribution < -0.4 is 5.32 Å². The van der Waals surface area contributed by atoms with Crippen molar-refractivity contribution in [2.45, 2.75) is 38.6 Å². The van der Waals surface area contributed by atoms with Gasteiger partial charge in [-0.25, -0.2) is 0 Å². The molecule has 0 spiro atoms. The highest BCUT2D eigenvalue weighted by atomic mass is 16.1. The first-order valence-corrected chi connectivity index (χ1v) is 4.15. The van der Waals surface area contributed by atoms with Crippen molar-refractivity contribution in [1.29, 1.82) is 0 Å². The number of hydrogen-bond donors (Lipinski definition) is 1. The minimum absolute atomic E-state index is 0.0480. The first kappa shape index (κ1) is 8.31. The molecule has 1 saturated carbocycles. The van der Waals surface area contributed by atoms with Crippen LogP contribution in [0, 0.1) is 0 Å². The van der Waals surface area contributed by atoms with Crippen molar-refractivity contribution in [3.05, 3.63) is 12.2 Å². The number of allylic oxidation sites excluding steroid dienone is 1. The van der Waals surface area contributed by atoms with Crippen LogP contribution >= 0.6 is 0 Å². The highest BCUT2D eigenvalue weighted by Crippen LogP contribution is 2.34. The molecule has 0 unspecified atom stereocenters. The lowest BCUT2D eigenvalue weighted by molar-refractivity contribution is -0.117. The quantitative estimate of drug-likeness (QED) is 0.613. The summed E-state index contributed by atoms with van der Waals surface area (Å²) >= 11 is 0. The molecule has 62 valence electrons. The fraction of sp³-hybridized carbons (Fsp3) is 0.667. The van der Waals surface area contributed by atoms with E-state index in [0.717, 1.165) is 19.3 Å². The van der Waals surface area contributed by atoms with E-state index in [1.807, 2.05) is 13.0 Å². The summed E-state index contributed by atoms with van der Waals surface area (Å²) in [5, 5.41) is 2.94. The van der Waals surface area contributed by atoms with Crippen molar-refractivity contribution in [2.24, 2.45) is 0 Å². The smallest absolute Gasteiger partial charge is 0.244 e. The lowest BCUT2D eigenvalue weighted by atomic mass is 10.3. The zero-order valence-corrected chi connectivity index (χ0v) is 7.18. The molecule has 0 aromatic heterocycles. The third-order valence-electron chi connectivity index (χ3n) is 1.93. The second-order valence-electron chi connectivity index (χ2n) is 3.36. The molecule has 1 aliphatic carbocycles. The fourth-order valence-corrected chi connectivity index (χ4v) is 0.876. The lowest BCUT2D eigenvalue weighted by Crippen LogP contribution is -2.32. The van der Waals surface area contributed by atoms with E-state index >= 15 is 0 Å². The molecule has 2 heteroatoms. The first-order valence-electron chi connectivity index (χ1n) is 4.15. The predicted molar refractivity (Wildman–Crippen MR) is 45.2 cm³/mol. The summed E-state index contributed by atoms with van der Waals surface area (Å²) < 4.78 is 0. The van der Waals surface area contributed by atoms with Crippen LogP contribution in [0.25, 0.3) is 0 Å². The van der Waals surface area contributed by atoms with Crippen LogP contribution in [0.2, 0.25) is 0 Å². The zero-order chi connectivity index (χ0) is 8.32. The highest BCUT2D eigenvalue weighted by molar-refractivity contribution is 5.88. The van der Waals surface area contributed by atoms with E-state index in [1.165, 1.54) is 0 Å². The van der Waals surface area contributed by atoms with Gasteiger partial charge in [0, 0.05) is 5.54 Å². The van der Waals surface area contributed by atoms with Crippen molar-refractivity contribution >= 4 is 5.91 Å². The minimum atomic E-state index is 0.0480. The maximum Gasteiger partial charge on any atom is 0.244 e. The van der Waals surface area contributed by atoms with Crippen LogP contribution in [-0.4, -0.2) is 11.4 Å². The Bertz CT molecular complexity index is 180. The molecule has 0 radical (unpaired) electrons. The summed E-state index contributed by atoms with van der Waals surface area (Å²) in [7, 11) is 0. The predicted octanol–water partition coefficient (Wildman–Crippen LogP) is 1.62. The van der Waals surface area contributed by atoms with Gasteiger partial charge >= 0.3 is 0 Å².